The molecule has 0 radical (unpaired) electrons. The fraction of sp³-hybridized carbons (Fsp3) is 0.259. The lowest BCUT2D eigenvalue weighted by molar-refractivity contribution is -0.138. The van der Waals surface area contributed by atoms with E-state index in [0.717, 1.165) is 11.7 Å². The number of nitrogens with one attached hydrogen (secondary N) is 2. The fourth-order valence-corrected chi connectivity index (χ4v) is 4.17. The SMILES string of the molecule is C[C@@H](CCCN(C)/C=C\c1cc(-c2cc3ccccn3n2)c(F)cc1C=O)Nc1cn[nH]c(=O)c1C(F)(F)F. The van der Waals surface area contributed by atoms with Gasteiger partial charge < -0.3 is 10.2 Å². The average molecular weight is 543 g/mol. The summed E-state index contributed by atoms with van der Waals surface area (Å²) >= 11 is 0. The maximum absolute atomic E-state index is 14.8. The number of aromatic amines is 1. The number of carbonyl (C=O) groups excluding carboxylic acids is 1. The second kappa shape index (κ2) is 11.5. The van der Waals surface area contributed by atoms with Gasteiger partial charge in [0.2, 0.25) is 0 Å². The highest BCUT2D eigenvalue weighted by Crippen LogP contribution is 2.32. The van der Waals surface area contributed by atoms with Crippen LogP contribution < -0.4 is 10.9 Å². The Morgan fingerprint density at radius 1 is 1.21 bits per heavy atom. The summed E-state index contributed by atoms with van der Waals surface area (Å²) in [5.41, 5.74) is -0.773. The molecule has 1 atom stereocenters. The summed E-state index contributed by atoms with van der Waals surface area (Å²) in [7, 11) is 1.81. The Morgan fingerprint density at radius 3 is 2.72 bits per heavy atom. The smallest absolute Gasteiger partial charge is 0.381 e. The Hall–Kier alpha value is -4.48. The van der Waals surface area contributed by atoms with Crippen molar-refractivity contribution in [3.8, 4) is 11.3 Å². The van der Waals surface area contributed by atoms with Crippen LogP contribution in [0.4, 0.5) is 23.2 Å². The molecule has 0 saturated heterocycles. The van der Waals surface area contributed by atoms with Gasteiger partial charge in [0.1, 0.15) is 11.4 Å². The lowest BCUT2D eigenvalue weighted by Gasteiger charge is -2.20. The lowest BCUT2D eigenvalue weighted by atomic mass is 10.0. The standard InChI is InChI=1S/C27H26F4N6O2/c1-17(33-24-15-32-34-26(39)25(24)27(29,30)31)6-5-9-36(2)11-8-18-12-21(22(28)13-19(18)16-38)23-14-20-7-3-4-10-37(20)35-23/h3-4,7-8,10-17H,5-6,9H2,1-2H3,(H2,33,34,39)/b11-8-/t17-/m0/s1. The van der Waals surface area contributed by atoms with Gasteiger partial charge in [-0.15, -0.1) is 0 Å². The summed E-state index contributed by atoms with van der Waals surface area (Å²) in [6.45, 7) is 2.27. The second-order valence-corrected chi connectivity index (χ2v) is 9.15. The zero-order valence-electron chi connectivity index (χ0n) is 21.2. The third-order valence-corrected chi connectivity index (χ3v) is 6.14. The number of aldehydes is 1. The van der Waals surface area contributed by atoms with E-state index in [2.05, 4.69) is 15.5 Å². The summed E-state index contributed by atoms with van der Waals surface area (Å²) in [6, 6.07) is 9.67. The van der Waals surface area contributed by atoms with Gasteiger partial charge in [-0.2, -0.15) is 23.4 Å². The van der Waals surface area contributed by atoms with Gasteiger partial charge in [0.15, 0.2) is 6.29 Å². The first-order chi connectivity index (χ1) is 18.6. The predicted octanol–water partition coefficient (Wildman–Crippen LogP) is 5.24. The first kappa shape index (κ1) is 27.6. The first-order valence-corrected chi connectivity index (χ1v) is 12.1. The van der Waals surface area contributed by atoms with Crippen molar-refractivity contribution in [3.05, 3.63) is 87.9 Å². The zero-order chi connectivity index (χ0) is 28.2. The van der Waals surface area contributed by atoms with Crippen LogP contribution >= 0.6 is 0 Å². The van der Waals surface area contributed by atoms with E-state index >= 15 is 0 Å². The molecular formula is C27H26F4N6O2. The quantitative estimate of drug-likeness (QED) is 0.210. The monoisotopic (exact) mass is 542 g/mol. The van der Waals surface area contributed by atoms with Crippen molar-refractivity contribution in [2.24, 2.45) is 0 Å². The minimum atomic E-state index is -4.81. The Morgan fingerprint density at radius 2 is 2.00 bits per heavy atom. The van der Waals surface area contributed by atoms with Gasteiger partial charge in [0, 0.05) is 37.0 Å². The highest BCUT2D eigenvalue weighted by atomic mass is 19.4. The summed E-state index contributed by atoms with van der Waals surface area (Å²) < 4.78 is 56.2. The number of carbonyl (C=O) groups is 1. The van der Waals surface area contributed by atoms with Gasteiger partial charge in [0.25, 0.3) is 5.56 Å². The van der Waals surface area contributed by atoms with Crippen LogP contribution in [0.15, 0.2) is 59.8 Å². The highest BCUT2D eigenvalue weighted by molar-refractivity contribution is 5.84. The molecule has 12 heteroatoms. The number of H-pyrrole nitrogens is 1. The Bertz CT molecular complexity index is 1530. The molecule has 0 aliphatic carbocycles. The van der Waals surface area contributed by atoms with Gasteiger partial charge in [-0.05, 0) is 67.9 Å². The molecule has 4 aromatic rings. The van der Waals surface area contributed by atoms with E-state index in [1.54, 1.807) is 42.0 Å². The van der Waals surface area contributed by atoms with Crippen molar-refractivity contribution in [3.63, 3.8) is 0 Å². The van der Waals surface area contributed by atoms with Crippen molar-refractivity contribution in [2.75, 3.05) is 18.9 Å². The molecule has 0 bridgehead atoms. The first-order valence-electron chi connectivity index (χ1n) is 12.1. The summed E-state index contributed by atoms with van der Waals surface area (Å²) in [5.74, 6) is -0.559. The molecule has 1 aromatic carbocycles. The van der Waals surface area contributed by atoms with Crippen molar-refractivity contribution in [1.82, 2.24) is 24.7 Å². The van der Waals surface area contributed by atoms with E-state index in [1.165, 1.54) is 6.07 Å². The van der Waals surface area contributed by atoms with Crippen LogP contribution in [-0.4, -0.2) is 50.6 Å². The average Bonchev–Trinajstić information content (AvgIpc) is 3.31. The van der Waals surface area contributed by atoms with Gasteiger partial charge in [0.05, 0.1) is 23.1 Å². The third-order valence-electron chi connectivity index (χ3n) is 6.14. The van der Waals surface area contributed by atoms with E-state index in [9.17, 15) is 27.2 Å². The number of anilines is 1. The normalized spacial score (nSPS) is 12.7. The molecule has 204 valence electrons. The topological polar surface area (TPSA) is 95.4 Å². The number of hydrogen-bond donors (Lipinski definition) is 2. The zero-order valence-corrected chi connectivity index (χ0v) is 21.2. The number of alkyl halides is 3. The molecule has 0 spiro atoms. The highest BCUT2D eigenvalue weighted by Gasteiger charge is 2.37. The van der Waals surface area contributed by atoms with Gasteiger partial charge in [-0.1, -0.05) is 6.07 Å². The van der Waals surface area contributed by atoms with Crippen LogP contribution in [0, 0.1) is 5.82 Å². The number of aromatic nitrogens is 4. The lowest BCUT2D eigenvalue weighted by Crippen LogP contribution is -2.27. The molecule has 0 aliphatic heterocycles. The van der Waals surface area contributed by atoms with E-state index in [-0.39, 0.29) is 22.9 Å². The van der Waals surface area contributed by atoms with Crippen molar-refractivity contribution in [1.29, 1.82) is 0 Å². The number of halogens is 4. The van der Waals surface area contributed by atoms with Gasteiger partial charge >= 0.3 is 6.18 Å². The molecule has 39 heavy (non-hydrogen) atoms. The molecule has 0 unspecified atom stereocenters. The van der Waals surface area contributed by atoms with E-state index in [1.807, 2.05) is 35.2 Å². The summed E-state index contributed by atoms with van der Waals surface area (Å²) in [6.07, 6.45) is 3.05. The molecule has 0 aliphatic rings. The van der Waals surface area contributed by atoms with Crippen molar-refractivity contribution >= 4 is 23.6 Å². The number of hydrogen-bond acceptors (Lipinski definition) is 6. The molecule has 0 amide bonds. The van der Waals surface area contributed by atoms with Crippen LogP contribution in [-0.2, 0) is 6.18 Å². The number of benzene rings is 1. The van der Waals surface area contributed by atoms with Crippen molar-refractivity contribution < 1.29 is 22.4 Å². The van der Waals surface area contributed by atoms with E-state index < -0.39 is 23.1 Å². The van der Waals surface area contributed by atoms with Crippen LogP contribution in [0.5, 0.6) is 0 Å². The Labute approximate surface area is 221 Å². The van der Waals surface area contributed by atoms with Gasteiger partial charge in [-0.25, -0.2) is 14.0 Å². The summed E-state index contributed by atoms with van der Waals surface area (Å²) in [4.78, 5) is 25.1. The largest absolute Gasteiger partial charge is 0.423 e. The second-order valence-electron chi connectivity index (χ2n) is 9.15. The van der Waals surface area contributed by atoms with E-state index in [0.29, 0.717) is 36.9 Å². The molecular weight excluding hydrogens is 516 g/mol. The van der Waals surface area contributed by atoms with Crippen LogP contribution in [0.1, 0.15) is 41.3 Å². The number of fused-ring (bicyclic) bond motifs is 1. The number of nitrogens with zero attached hydrogens (tertiary/aromatic N) is 4. The fourth-order valence-electron chi connectivity index (χ4n) is 4.17. The van der Waals surface area contributed by atoms with Gasteiger partial charge in [-0.3, -0.25) is 9.59 Å². The third kappa shape index (κ3) is 6.51. The number of pyridine rings is 1. The molecule has 0 saturated carbocycles. The van der Waals surface area contributed by atoms with Crippen LogP contribution in [0.2, 0.25) is 0 Å². The molecule has 3 heterocycles. The van der Waals surface area contributed by atoms with E-state index in [4.69, 9.17) is 0 Å². The number of rotatable bonds is 10. The molecule has 4 rings (SSSR count). The Balaban J connectivity index is 1.40. The van der Waals surface area contributed by atoms with Crippen LogP contribution in [0.3, 0.4) is 0 Å². The van der Waals surface area contributed by atoms with Crippen LogP contribution in [0.25, 0.3) is 22.9 Å². The Kier molecular flexibility index (Phi) is 8.12. The maximum atomic E-state index is 14.8. The molecule has 3 aromatic heterocycles. The predicted molar refractivity (Wildman–Crippen MR) is 140 cm³/mol. The maximum Gasteiger partial charge on any atom is 0.423 e. The molecule has 8 nitrogen and oxygen atoms in total. The minimum Gasteiger partial charge on any atom is -0.381 e. The minimum absolute atomic E-state index is 0.189. The molecule has 0 fully saturated rings. The van der Waals surface area contributed by atoms with Crippen molar-refractivity contribution in [2.45, 2.75) is 32.0 Å². The summed E-state index contributed by atoms with van der Waals surface area (Å²) in [5, 5.41) is 12.4. The molecule has 2 N–H and O–H groups in total.